The number of aromatic nitrogens is 2. The molecule has 1 aromatic carbocycles. The van der Waals surface area contributed by atoms with Crippen LogP contribution in [0.1, 0.15) is 29.1 Å². The van der Waals surface area contributed by atoms with Crippen molar-refractivity contribution in [1.29, 1.82) is 0 Å². The minimum atomic E-state index is -0.182. The summed E-state index contributed by atoms with van der Waals surface area (Å²) in [6.07, 6.45) is 4.57. The number of anilines is 1. The van der Waals surface area contributed by atoms with Crippen LogP contribution in [0.25, 0.3) is 10.2 Å². The average Bonchev–Trinajstić information content (AvgIpc) is 3.02. The molecule has 0 atom stereocenters. The van der Waals surface area contributed by atoms with E-state index in [0.717, 1.165) is 33.9 Å². The van der Waals surface area contributed by atoms with Crippen LogP contribution in [0.4, 0.5) is 5.69 Å². The second kappa shape index (κ2) is 8.36. The van der Waals surface area contributed by atoms with Gasteiger partial charge in [0.15, 0.2) is 0 Å². The maximum atomic E-state index is 12.5. The van der Waals surface area contributed by atoms with E-state index in [0.29, 0.717) is 20.8 Å². The highest BCUT2D eigenvalue weighted by atomic mass is 35.5. The van der Waals surface area contributed by atoms with E-state index in [2.05, 4.69) is 15.3 Å². The summed E-state index contributed by atoms with van der Waals surface area (Å²) in [5, 5.41) is 5.82. The van der Waals surface area contributed by atoms with Gasteiger partial charge in [-0.05, 0) is 50.3 Å². The fraction of sp³-hybridized carbons (Fsp3) is 0.316. The molecule has 4 nitrogen and oxygen atoms in total. The summed E-state index contributed by atoms with van der Waals surface area (Å²) in [5.74, 6) is 0.757. The van der Waals surface area contributed by atoms with E-state index >= 15 is 0 Å². The topological polar surface area (TPSA) is 54.9 Å². The van der Waals surface area contributed by atoms with Crippen molar-refractivity contribution < 1.29 is 4.79 Å². The molecule has 0 saturated carbocycles. The predicted octanol–water partition coefficient (Wildman–Crippen LogP) is 6.57. The van der Waals surface area contributed by atoms with Gasteiger partial charge in [-0.2, -0.15) is 0 Å². The van der Waals surface area contributed by atoms with Crippen molar-refractivity contribution >= 4 is 79.7 Å². The van der Waals surface area contributed by atoms with Crippen LogP contribution in [-0.2, 0) is 17.6 Å². The molecule has 3 aromatic rings. The highest BCUT2D eigenvalue weighted by Crippen LogP contribution is 2.39. The van der Waals surface area contributed by atoms with Gasteiger partial charge in [-0.15, -0.1) is 11.3 Å². The number of amides is 1. The summed E-state index contributed by atoms with van der Waals surface area (Å²) < 4.78 is 0. The normalized spacial score (nSPS) is 13.6. The van der Waals surface area contributed by atoms with Gasteiger partial charge in [-0.25, -0.2) is 9.97 Å². The first-order valence-corrected chi connectivity index (χ1v) is 11.7. The van der Waals surface area contributed by atoms with Gasteiger partial charge in [-0.1, -0.05) is 46.6 Å². The Hall–Kier alpha value is -1.05. The number of nitrogens with zero attached hydrogens (tertiary/aromatic N) is 2. The zero-order chi connectivity index (χ0) is 19.8. The van der Waals surface area contributed by atoms with Crippen LogP contribution in [0.2, 0.25) is 15.1 Å². The Morgan fingerprint density at radius 2 is 1.89 bits per heavy atom. The molecule has 1 aliphatic rings. The van der Waals surface area contributed by atoms with Gasteiger partial charge in [-0.3, -0.25) is 4.79 Å². The van der Waals surface area contributed by atoms with Crippen molar-refractivity contribution in [2.24, 2.45) is 0 Å². The lowest BCUT2D eigenvalue weighted by atomic mass is 9.97. The van der Waals surface area contributed by atoms with Crippen molar-refractivity contribution in [3.8, 4) is 0 Å². The van der Waals surface area contributed by atoms with Crippen molar-refractivity contribution in [2.75, 3.05) is 11.1 Å². The first kappa shape index (κ1) is 20.2. The number of thioether (sulfide) groups is 1. The molecule has 1 amide bonds. The third-order valence-electron chi connectivity index (χ3n) is 4.52. The minimum absolute atomic E-state index is 0.182. The molecule has 28 heavy (non-hydrogen) atoms. The molecule has 2 heterocycles. The molecule has 146 valence electrons. The second-order valence-corrected chi connectivity index (χ2v) is 9.82. The highest BCUT2D eigenvalue weighted by Gasteiger charge is 2.21. The molecule has 2 aromatic heterocycles. The largest absolute Gasteiger partial charge is 0.324 e. The van der Waals surface area contributed by atoms with Crippen LogP contribution in [-0.4, -0.2) is 21.6 Å². The second-order valence-electron chi connectivity index (χ2n) is 6.55. The van der Waals surface area contributed by atoms with E-state index in [4.69, 9.17) is 34.8 Å². The number of rotatable bonds is 4. The molecule has 4 rings (SSSR count). The maximum Gasteiger partial charge on any atom is 0.234 e. The Kier molecular flexibility index (Phi) is 6.04. The molecule has 1 aliphatic carbocycles. The minimum Gasteiger partial charge on any atom is -0.324 e. The molecule has 0 radical (unpaired) electrons. The van der Waals surface area contributed by atoms with Crippen LogP contribution >= 0.6 is 57.9 Å². The van der Waals surface area contributed by atoms with Crippen LogP contribution in [0.15, 0.2) is 17.2 Å². The summed E-state index contributed by atoms with van der Waals surface area (Å²) in [7, 11) is 0. The van der Waals surface area contributed by atoms with Gasteiger partial charge in [0.05, 0.1) is 26.5 Å². The number of hydrogen-bond acceptors (Lipinski definition) is 5. The van der Waals surface area contributed by atoms with Crippen molar-refractivity contribution in [1.82, 2.24) is 9.97 Å². The number of hydrogen-bond donors (Lipinski definition) is 1. The van der Waals surface area contributed by atoms with E-state index < -0.39 is 0 Å². The summed E-state index contributed by atoms with van der Waals surface area (Å²) >= 11 is 21.3. The van der Waals surface area contributed by atoms with Crippen molar-refractivity contribution in [2.45, 2.75) is 37.6 Å². The lowest BCUT2D eigenvalue weighted by Crippen LogP contribution is -2.14. The number of thiophene rings is 1. The van der Waals surface area contributed by atoms with Crippen LogP contribution in [0, 0.1) is 6.92 Å². The molecule has 9 heteroatoms. The predicted molar refractivity (Wildman–Crippen MR) is 120 cm³/mol. The maximum absolute atomic E-state index is 12.5. The molecule has 1 N–H and O–H groups in total. The van der Waals surface area contributed by atoms with Gasteiger partial charge in [0.25, 0.3) is 0 Å². The lowest BCUT2D eigenvalue weighted by Gasteiger charge is -2.12. The molecule has 0 bridgehead atoms. The van der Waals surface area contributed by atoms with Gasteiger partial charge in [0.1, 0.15) is 15.7 Å². The summed E-state index contributed by atoms with van der Waals surface area (Å²) in [6.45, 7) is 1.89. The van der Waals surface area contributed by atoms with E-state index in [1.165, 1.54) is 41.1 Å². The Morgan fingerprint density at radius 1 is 1.14 bits per heavy atom. The fourth-order valence-electron chi connectivity index (χ4n) is 3.27. The zero-order valence-corrected chi connectivity index (χ0v) is 18.8. The summed E-state index contributed by atoms with van der Waals surface area (Å²) in [5.41, 5.74) is 1.81. The Morgan fingerprint density at radius 3 is 2.71 bits per heavy atom. The van der Waals surface area contributed by atoms with Gasteiger partial charge in [0, 0.05) is 10.3 Å². The van der Waals surface area contributed by atoms with Crippen molar-refractivity contribution in [3.05, 3.63) is 43.5 Å². The van der Waals surface area contributed by atoms with E-state index in [-0.39, 0.29) is 11.7 Å². The molecule has 0 unspecified atom stereocenters. The number of aryl methyl sites for hydroxylation is 3. The number of benzene rings is 1. The smallest absolute Gasteiger partial charge is 0.234 e. The molecule has 0 aliphatic heterocycles. The number of fused-ring (bicyclic) bond motifs is 3. The summed E-state index contributed by atoms with van der Waals surface area (Å²) in [6, 6.07) is 3.07. The Bertz CT molecular complexity index is 1080. The first-order valence-electron chi connectivity index (χ1n) is 8.78. The van der Waals surface area contributed by atoms with Gasteiger partial charge < -0.3 is 5.32 Å². The molecule has 0 fully saturated rings. The third-order valence-corrected chi connectivity index (χ3v) is 7.71. The molecular formula is C19H16Cl3N3OS2. The third kappa shape index (κ3) is 4.12. The van der Waals surface area contributed by atoms with E-state index in [9.17, 15) is 4.79 Å². The fourth-order valence-corrected chi connectivity index (χ4v) is 6.13. The van der Waals surface area contributed by atoms with E-state index in [1.54, 1.807) is 17.4 Å². The number of nitrogens with one attached hydrogen (secondary N) is 1. The first-order chi connectivity index (χ1) is 13.4. The van der Waals surface area contributed by atoms with Gasteiger partial charge >= 0.3 is 0 Å². The SMILES string of the molecule is Cc1nc(SCC(=O)Nc2cc(Cl)c(Cl)cc2Cl)c2c3c(sc2n1)CCCC3. The summed E-state index contributed by atoms with van der Waals surface area (Å²) in [4.78, 5) is 24.1. The number of halogens is 3. The Labute approximate surface area is 186 Å². The van der Waals surface area contributed by atoms with Crippen molar-refractivity contribution in [3.63, 3.8) is 0 Å². The van der Waals surface area contributed by atoms with E-state index in [1.807, 2.05) is 6.92 Å². The quantitative estimate of drug-likeness (QED) is 0.265. The van der Waals surface area contributed by atoms with Gasteiger partial charge in [0.2, 0.25) is 5.91 Å². The zero-order valence-electron chi connectivity index (χ0n) is 14.9. The molecule has 0 spiro atoms. The van der Waals surface area contributed by atoms with Crippen LogP contribution in [0.3, 0.4) is 0 Å². The van der Waals surface area contributed by atoms with Crippen LogP contribution < -0.4 is 5.32 Å². The number of carbonyl (C=O) groups excluding carboxylic acids is 1. The lowest BCUT2D eigenvalue weighted by molar-refractivity contribution is -0.113. The average molecular weight is 473 g/mol. The molecule has 0 saturated heterocycles. The monoisotopic (exact) mass is 471 g/mol. The number of carbonyl (C=O) groups is 1. The highest BCUT2D eigenvalue weighted by molar-refractivity contribution is 8.00. The van der Waals surface area contributed by atoms with Crippen LogP contribution in [0.5, 0.6) is 0 Å². The Balaban J connectivity index is 1.55. The molecular weight excluding hydrogens is 457 g/mol. The standard InChI is InChI=1S/C19H16Cl3N3OS2/c1-9-23-18(17-10-4-2-3-5-15(10)28-19(17)24-9)27-8-16(26)25-14-7-12(21)11(20)6-13(14)22/h6-7H,2-5,8H2,1H3,(H,25,26).